The minimum atomic E-state index is -0.407. The van der Waals surface area contributed by atoms with Gasteiger partial charge in [0.25, 0.3) is 5.69 Å². The van der Waals surface area contributed by atoms with E-state index in [9.17, 15) is 10.1 Å². The molecule has 1 aromatic rings. The van der Waals surface area contributed by atoms with Crippen LogP contribution in [0.4, 0.5) is 5.69 Å². The summed E-state index contributed by atoms with van der Waals surface area (Å²) in [6.07, 6.45) is 1.64. The first kappa shape index (κ1) is 14.2. The minimum absolute atomic E-state index is 0.0708. The van der Waals surface area contributed by atoms with Gasteiger partial charge in [-0.15, -0.1) is 0 Å². The molecule has 0 heterocycles. The molecule has 0 atom stereocenters. The average molecular weight is 250 g/mol. The standard InChI is InChI=1S/C13H18N2O3/c1-4-7-18-13-6-5-12(15(16)17)8-11(13)9-14-10(2)3/h4-6,8,10,14H,1,7,9H2,2-3H3. The Hall–Kier alpha value is -1.88. The third-order valence-corrected chi connectivity index (χ3v) is 2.31. The van der Waals surface area contributed by atoms with Crippen LogP contribution < -0.4 is 10.1 Å². The lowest BCUT2D eigenvalue weighted by Gasteiger charge is -2.12. The molecule has 5 heteroatoms. The lowest BCUT2D eigenvalue weighted by atomic mass is 10.1. The number of ether oxygens (including phenoxy) is 1. The van der Waals surface area contributed by atoms with E-state index in [-0.39, 0.29) is 5.69 Å². The second kappa shape index (κ2) is 6.76. The number of rotatable bonds is 7. The molecule has 0 saturated carbocycles. The molecule has 1 rings (SSSR count). The summed E-state index contributed by atoms with van der Waals surface area (Å²) in [5.74, 6) is 0.647. The topological polar surface area (TPSA) is 64.4 Å². The molecule has 0 bridgehead atoms. The highest BCUT2D eigenvalue weighted by molar-refractivity contribution is 5.43. The zero-order valence-corrected chi connectivity index (χ0v) is 10.7. The van der Waals surface area contributed by atoms with Gasteiger partial charge in [0.2, 0.25) is 0 Å². The Labute approximate surface area is 107 Å². The maximum Gasteiger partial charge on any atom is 0.270 e. The Morgan fingerprint density at radius 2 is 2.28 bits per heavy atom. The predicted octanol–water partition coefficient (Wildman–Crippen LogP) is 2.66. The van der Waals surface area contributed by atoms with Gasteiger partial charge < -0.3 is 10.1 Å². The first-order valence-corrected chi connectivity index (χ1v) is 5.79. The second-order valence-corrected chi connectivity index (χ2v) is 4.18. The summed E-state index contributed by atoms with van der Waals surface area (Å²) in [6.45, 7) is 8.52. The Morgan fingerprint density at radius 3 is 2.83 bits per heavy atom. The number of nitrogens with one attached hydrogen (secondary N) is 1. The van der Waals surface area contributed by atoms with Crippen LogP contribution in [0.2, 0.25) is 0 Å². The van der Waals surface area contributed by atoms with Crippen LogP contribution in [-0.2, 0) is 6.54 Å². The van der Waals surface area contributed by atoms with E-state index in [0.717, 1.165) is 5.56 Å². The van der Waals surface area contributed by atoms with Gasteiger partial charge in [-0.25, -0.2) is 0 Å². The minimum Gasteiger partial charge on any atom is -0.489 e. The highest BCUT2D eigenvalue weighted by atomic mass is 16.6. The highest BCUT2D eigenvalue weighted by Gasteiger charge is 2.11. The quantitative estimate of drug-likeness (QED) is 0.459. The van der Waals surface area contributed by atoms with E-state index in [1.165, 1.54) is 12.1 Å². The van der Waals surface area contributed by atoms with Gasteiger partial charge in [0.1, 0.15) is 12.4 Å². The fraction of sp³-hybridized carbons (Fsp3) is 0.385. The fourth-order valence-electron chi connectivity index (χ4n) is 1.42. The van der Waals surface area contributed by atoms with Crippen molar-refractivity contribution in [2.24, 2.45) is 0 Å². The monoisotopic (exact) mass is 250 g/mol. The van der Waals surface area contributed by atoms with Gasteiger partial charge in [0, 0.05) is 30.3 Å². The Kier molecular flexibility index (Phi) is 5.32. The van der Waals surface area contributed by atoms with Crippen molar-refractivity contribution >= 4 is 5.69 Å². The number of hydrogen-bond acceptors (Lipinski definition) is 4. The molecule has 5 nitrogen and oxygen atoms in total. The Balaban J connectivity index is 2.93. The summed E-state index contributed by atoms with van der Waals surface area (Å²) in [5, 5.41) is 14.0. The van der Waals surface area contributed by atoms with Crippen molar-refractivity contribution in [3.8, 4) is 5.75 Å². The summed E-state index contributed by atoms with van der Waals surface area (Å²) in [4.78, 5) is 10.3. The van der Waals surface area contributed by atoms with Gasteiger partial charge in [-0.3, -0.25) is 10.1 Å². The van der Waals surface area contributed by atoms with E-state index in [2.05, 4.69) is 11.9 Å². The molecule has 0 spiro atoms. The number of non-ortho nitro benzene ring substituents is 1. The molecular weight excluding hydrogens is 232 g/mol. The summed E-state index contributed by atoms with van der Waals surface area (Å²) in [7, 11) is 0. The molecule has 18 heavy (non-hydrogen) atoms. The summed E-state index contributed by atoms with van der Waals surface area (Å²) in [6, 6.07) is 4.90. The summed E-state index contributed by atoms with van der Waals surface area (Å²) in [5.41, 5.74) is 0.848. The average Bonchev–Trinajstić information content (AvgIpc) is 2.33. The van der Waals surface area contributed by atoms with Crippen molar-refractivity contribution in [3.63, 3.8) is 0 Å². The molecular formula is C13H18N2O3. The summed E-state index contributed by atoms with van der Waals surface area (Å²) < 4.78 is 5.47. The van der Waals surface area contributed by atoms with Crippen molar-refractivity contribution in [3.05, 3.63) is 46.5 Å². The first-order valence-electron chi connectivity index (χ1n) is 5.79. The van der Waals surface area contributed by atoms with E-state index in [1.807, 2.05) is 13.8 Å². The van der Waals surface area contributed by atoms with E-state index in [1.54, 1.807) is 12.1 Å². The Bertz CT molecular complexity index is 430. The van der Waals surface area contributed by atoms with Crippen LogP contribution in [0.3, 0.4) is 0 Å². The fourth-order valence-corrected chi connectivity index (χ4v) is 1.42. The molecule has 0 aliphatic heterocycles. The van der Waals surface area contributed by atoms with Crippen LogP contribution >= 0.6 is 0 Å². The summed E-state index contributed by atoms with van der Waals surface area (Å²) >= 11 is 0. The van der Waals surface area contributed by atoms with Gasteiger partial charge in [-0.05, 0) is 6.07 Å². The molecule has 0 amide bonds. The number of nitro groups is 1. The molecule has 98 valence electrons. The van der Waals surface area contributed by atoms with Crippen LogP contribution in [0.15, 0.2) is 30.9 Å². The number of hydrogen-bond donors (Lipinski definition) is 1. The molecule has 0 saturated heterocycles. The number of benzene rings is 1. The van der Waals surface area contributed by atoms with Crippen molar-refractivity contribution in [2.75, 3.05) is 6.61 Å². The molecule has 0 aromatic heterocycles. The van der Waals surface area contributed by atoms with E-state index < -0.39 is 4.92 Å². The van der Waals surface area contributed by atoms with E-state index >= 15 is 0 Å². The van der Waals surface area contributed by atoms with Crippen LogP contribution in [0.1, 0.15) is 19.4 Å². The van der Waals surface area contributed by atoms with Crippen molar-refractivity contribution in [1.29, 1.82) is 0 Å². The molecule has 0 aliphatic carbocycles. The third-order valence-electron chi connectivity index (χ3n) is 2.31. The van der Waals surface area contributed by atoms with Crippen LogP contribution in [0.25, 0.3) is 0 Å². The first-order chi connectivity index (χ1) is 8.54. The maximum atomic E-state index is 10.7. The van der Waals surface area contributed by atoms with Gasteiger partial charge in [0.05, 0.1) is 4.92 Å². The second-order valence-electron chi connectivity index (χ2n) is 4.18. The number of nitro benzene ring substituents is 1. The van der Waals surface area contributed by atoms with Gasteiger partial charge in [-0.2, -0.15) is 0 Å². The normalized spacial score (nSPS) is 10.4. The van der Waals surface area contributed by atoms with E-state index in [4.69, 9.17) is 4.74 Å². The Morgan fingerprint density at radius 1 is 1.56 bits per heavy atom. The molecule has 1 aromatic carbocycles. The maximum absolute atomic E-state index is 10.7. The molecule has 1 N–H and O–H groups in total. The third kappa shape index (κ3) is 4.18. The van der Waals surface area contributed by atoms with Gasteiger partial charge >= 0.3 is 0 Å². The van der Waals surface area contributed by atoms with Crippen molar-refractivity contribution in [2.45, 2.75) is 26.4 Å². The van der Waals surface area contributed by atoms with Crippen LogP contribution in [0.5, 0.6) is 5.75 Å². The van der Waals surface area contributed by atoms with Crippen molar-refractivity contribution < 1.29 is 9.66 Å². The van der Waals surface area contributed by atoms with Crippen LogP contribution in [0, 0.1) is 10.1 Å². The zero-order chi connectivity index (χ0) is 13.5. The zero-order valence-electron chi connectivity index (χ0n) is 10.7. The highest BCUT2D eigenvalue weighted by Crippen LogP contribution is 2.24. The number of nitrogens with zero attached hydrogens (tertiary/aromatic N) is 1. The lowest BCUT2D eigenvalue weighted by molar-refractivity contribution is -0.384. The smallest absolute Gasteiger partial charge is 0.270 e. The predicted molar refractivity (Wildman–Crippen MR) is 70.8 cm³/mol. The van der Waals surface area contributed by atoms with Gasteiger partial charge in [0.15, 0.2) is 0 Å². The largest absolute Gasteiger partial charge is 0.489 e. The molecule has 0 aliphatic rings. The van der Waals surface area contributed by atoms with E-state index in [0.29, 0.717) is 24.9 Å². The SMILES string of the molecule is C=CCOc1ccc([N+](=O)[O-])cc1CNC(C)C. The molecule has 0 fully saturated rings. The molecule has 0 unspecified atom stereocenters. The van der Waals surface area contributed by atoms with Crippen molar-refractivity contribution in [1.82, 2.24) is 5.32 Å². The van der Waals surface area contributed by atoms with Gasteiger partial charge in [-0.1, -0.05) is 26.5 Å². The molecule has 0 radical (unpaired) electrons. The van der Waals surface area contributed by atoms with Crippen LogP contribution in [-0.4, -0.2) is 17.6 Å². The lowest BCUT2D eigenvalue weighted by Crippen LogP contribution is -2.22.